The zero-order valence-electron chi connectivity index (χ0n) is 23.9. The minimum atomic E-state index is 0.908. The fourth-order valence-corrected chi connectivity index (χ4v) is 6.72. The Morgan fingerprint density at radius 1 is 0.341 bits per heavy atom. The van der Waals surface area contributed by atoms with Crippen LogP contribution >= 0.6 is 0 Å². The van der Waals surface area contributed by atoms with Gasteiger partial charge < -0.3 is 4.57 Å². The second kappa shape index (κ2) is 9.82. The van der Waals surface area contributed by atoms with Crippen LogP contribution in [-0.4, -0.2) is 14.1 Å². The van der Waals surface area contributed by atoms with E-state index in [2.05, 4.69) is 167 Å². The van der Waals surface area contributed by atoms with Gasteiger partial charge in [0.15, 0.2) is 0 Å². The number of benzene rings is 6. The third kappa shape index (κ3) is 3.80. The van der Waals surface area contributed by atoms with Crippen molar-refractivity contribution in [2.45, 2.75) is 0 Å². The van der Waals surface area contributed by atoms with E-state index in [0.717, 1.165) is 33.8 Å². The van der Waals surface area contributed by atoms with Crippen molar-refractivity contribution >= 4 is 43.6 Å². The smallest absolute Gasteiger partial charge is 0.138 e. The maximum Gasteiger partial charge on any atom is 0.138 e. The summed E-state index contributed by atoms with van der Waals surface area (Å²) in [5.74, 6) is 0.908. The van der Waals surface area contributed by atoms with Crippen molar-refractivity contribution in [1.82, 2.24) is 14.1 Å². The summed E-state index contributed by atoms with van der Waals surface area (Å²) in [5.41, 5.74) is 10.3. The van der Waals surface area contributed by atoms with Crippen molar-refractivity contribution in [3.63, 3.8) is 0 Å². The first kappa shape index (κ1) is 24.6. The van der Waals surface area contributed by atoms with Crippen LogP contribution < -0.4 is 0 Å². The van der Waals surface area contributed by atoms with E-state index >= 15 is 0 Å². The summed E-state index contributed by atoms with van der Waals surface area (Å²) >= 11 is 0. The molecular formula is C41H27N3. The molecule has 0 aliphatic heterocycles. The van der Waals surface area contributed by atoms with Crippen LogP contribution in [-0.2, 0) is 0 Å². The van der Waals surface area contributed by atoms with Crippen molar-refractivity contribution in [3.8, 4) is 33.9 Å². The van der Waals surface area contributed by atoms with Crippen LogP contribution in [0.1, 0.15) is 0 Å². The van der Waals surface area contributed by atoms with Crippen LogP contribution in [0.5, 0.6) is 0 Å². The molecule has 0 aliphatic rings. The standard InChI is InChI=1S/C41H27N3/c1-2-11-28(12-3-1)29-21-23-30(24-22-29)36-16-10-20-41(42-36)44-39-19-9-6-15-34(39)35-27-31(25-26-40(35)44)43-37-17-7-4-13-32(37)33-14-5-8-18-38(33)43/h1-27H. The number of aromatic nitrogens is 3. The SMILES string of the molecule is c1ccc(-c2ccc(-c3cccc(-n4c5ccccc5c5cc(-n6c7ccccc7c7ccccc76)ccc54)n3)cc2)cc1. The molecule has 0 unspecified atom stereocenters. The van der Waals surface area contributed by atoms with Crippen molar-refractivity contribution in [3.05, 3.63) is 164 Å². The monoisotopic (exact) mass is 561 g/mol. The van der Waals surface area contributed by atoms with Gasteiger partial charge in [0, 0.05) is 32.8 Å². The van der Waals surface area contributed by atoms with E-state index in [1.165, 1.54) is 43.7 Å². The quantitative estimate of drug-likeness (QED) is 0.210. The van der Waals surface area contributed by atoms with E-state index in [9.17, 15) is 0 Å². The molecule has 0 saturated carbocycles. The van der Waals surface area contributed by atoms with Crippen LogP contribution in [0.4, 0.5) is 0 Å². The largest absolute Gasteiger partial charge is 0.309 e. The first-order valence-electron chi connectivity index (χ1n) is 15.0. The van der Waals surface area contributed by atoms with Gasteiger partial charge >= 0.3 is 0 Å². The first-order chi connectivity index (χ1) is 21.8. The highest BCUT2D eigenvalue weighted by Crippen LogP contribution is 2.37. The van der Waals surface area contributed by atoms with Gasteiger partial charge in [-0.1, -0.05) is 115 Å². The molecule has 3 aromatic heterocycles. The number of hydrogen-bond donors (Lipinski definition) is 0. The Hall–Kier alpha value is -5.93. The van der Waals surface area contributed by atoms with E-state index in [-0.39, 0.29) is 0 Å². The van der Waals surface area contributed by atoms with Crippen LogP contribution in [0.15, 0.2) is 164 Å². The van der Waals surface area contributed by atoms with Crippen molar-refractivity contribution in [1.29, 1.82) is 0 Å². The maximum absolute atomic E-state index is 5.20. The Labute approximate surface area is 254 Å². The molecule has 0 atom stereocenters. The van der Waals surface area contributed by atoms with Gasteiger partial charge in [-0.2, -0.15) is 0 Å². The van der Waals surface area contributed by atoms with E-state index in [1.807, 2.05) is 6.07 Å². The number of rotatable bonds is 4. The molecule has 0 saturated heterocycles. The Balaban J connectivity index is 1.20. The minimum Gasteiger partial charge on any atom is -0.309 e. The van der Waals surface area contributed by atoms with Crippen molar-refractivity contribution < 1.29 is 0 Å². The lowest BCUT2D eigenvalue weighted by Crippen LogP contribution is -1.99. The molecule has 44 heavy (non-hydrogen) atoms. The Morgan fingerprint density at radius 3 is 1.55 bits per heavy atom. The molecule has 9 rings (SSSR count). The van der Waals surface area contributed by atoms with Gasteiger partial charge in [-0.15, -0.1) is 0 Å². The van der Waals surface area contributed by atoms with Gasteiger partial charge in [0.25, 0.3) is 0 Å². The molecule has 0 fully saturated rings. The molecule has 0 spiro atoms. The molecule has 0 aliphatic carbocycles. The molecule has 6 aromatic carbocycles. The predicted molar refractivity (Wildman–Crippen MR) is 184 cm³/mol. The summed E-state index contributed by atoms with van der Waals surface area (Å²) in [5, 5.41) is 4.95. The number of hydrogen-bond acceptors (Lipinski definition) is 1. The lowest BCUT2D eigenvalue weighted by Gasteiger charge is -2.11. The third-order valence-electron chi connectivity index (χ3n) is 8.75. The molecule has 0 amide bonds. The molecule has 0 radical (unpaired) electrons. The van der Waals surface area contributed by atoms with Crippen molar-refractivity contribution in [2.75, 3.05) is 0 Å². The second-order valence-electron chi connectivity index (χ2n) is 11.2. The summed E-state index contributed by atoms with van der Waals surface area (Å²) in [4.78, 5) is 5.20. The van der Waals surface area contributed by atoms with E-state index < -0.39 is 0 Å². The first-order valence-corrected chi connectivity index (χ1v) is 15.0. The highest BCUT2D eigenvalue weighted by atomic mass is 15.1. The summed E-state index contributed by atoms with van der Waals surface area (Å²) in [6, 6.07) is 58.3. The normalized spacial score (nSPS) is 11.6. The highest BCUT2D eigenvalue weighted by molar-refractivity contribution is 6.12. The molecule has 3 heteroatoms. The van der Waals surface area contributed by atoms with E-state index in [1.54, 1.807) is 0 Å². The highest BCUT2D eigenvalue weighted by Gasteiger charge is 2.17. The van der Waals surface area contributed by atoms with Gasteiger partial charge in [0.05, 0.1) is 27.8 Å². The summed E-state index contributed by atoms with van der Waals surface area (Å²) in [6.07, 6.45) is 0. The van der Waals surface area contributed by atoms with Gasteiger partial charge in [-0.25, -0.2) is 4.98 Å². The van der Waals surface area contributed by atoms with Crippen LogP contribution in [0, 0.1) is 0 Å². The zero-order valence-corrected chi connectivity index (χ0v) is 23.9. The summed E-state index contributed by atoms with van der Waals surface area (Å²) < 4.78 is 4.68. The molecular weight excluding hydrogens is 534 g/mol. The Morgan fingerprint density at radius 2 is 0.864 bits per heavy atom. The minimum absolute atomic E-state index is 0.908. The van der Waals surface area contributed by atoms with Gasteiger partial charge in [0.1, 0.15) is 5.82 Å². The predicted octanol–water partition coefficient (Wildman–Crippen LogP) is 10.6. The topological polar surface area (TPSA) is 22.8 Å². The van der Waals surface area contributed by atoms with Crippen molar-refractivity contribution in [2.24, 2.45) is 0 Å². The molecule has 3 heterocycles. The van der Waals surface area contributed by atoms with Crippen LogP contribution in [0.25, 0.3) is 77.5 Å². The molecule has 0 N–H and O–H groups in total. The maximum atomic E-state index is 5.20. The fraction of sp³-hybridized carbons (Fsp3) is 0. The fourth-order valence-electron chi connectivity index (χ4n) is 6.72. The third-order valence-corrected chi connectivity index (χ3v) is 8.75. The molecule has 0 bridgehead atoms. The number of fused-ring (bicyclic) bond motifs is 6. The molecule has 9 aromatic rings. The lowest BCUT2D eigenvalue weighted by atomic mass is 10.0. The molecule has 206 valence electrons. The summed E-state index contributed by atoms with van der Waals surface area (Å²) in [7, 11) is 0. The van der Waals surface area contributed by atoms with Gasteiger partial charge in [0.2, 0.25) is 0 Å². The average Bonchev–Trinajstić information content (AvgIpc) is 3.61. The van der Waals surface area contributed by atoms with Gasteiger partial charge in [-0.3, -0.25) is 4.57 Å². The number of pyridine rings is 1. The van der Waals surface area contributed by atoms with E-state index in [4.69, 9.17) is 4.98 Å². The summed E-state index contributed by atoms with van der Waals surface area (Å²) in [6.45, 7) is 0. The average molecular weight is 562 g/mol. The molecule has 3 nitrogen and oxygen atoms in total. The van der Waals surface area contributed by atoms with Crippen LogP contribution in [0.3, 0.4) is 0 Å². The second-order valence-corrected chi connectivity index (χ2v) is 11.2. The number of nitrogens with zero attached hydrogens (tertiary/aromatic N) is 3. The Kier molecular flexibility index (Phi) is 5.50. The number of para-hydroxylation sites is 3. The Bertz CT molecular complexity index is 2430. The van der Waals surface area contributed by atoms with Crippen LogP contribution in [0.2, 0.25) is 0 Å². The van der Waals surface area contributed by atoms with E-state index in [0.29, 0.717) is 0 Å². The lowest BCUT2D eigenvalue weighted by molar-refractivity contribution is 1.08. The zero-order chi connectivity index (χ0) is 29.0. The van der Waals surface area contributed by atoms with Gasteiger partial charge in [-0.05, 0) is 59.7 Å².